The van der Waals surface area contributed by atoms with Crippen molar-refractivity contribution in [2.24, 2.45) is 0 Å². The number of hydrogen-bond donors (Lipinski definition) is 3. The molecule has 0 saturated carbocycles. The van der Waals surface area contributed by atoms with Crippen LogP contribution in [0.3, 0.4) is 0 Å². The highest BCUT2D eigenvalue weighted by molar-refractivity contribution is 7.79. The van der Waals surface area contributed by atoms with Crippen molar-refractivity contribution in [3.8, 4) is 0 Å². The molecule has 0 amide bonds. The van der Waals surface area contributed by atoms with Crippen LogP contribution in [0.15, 0.2) is 54.6 Å². The van der Waals surface area contributed by atoms with Gasteiger partial charge in [-0.05, 0) is 37.3 Å². The smallest absolute Gasteiger partial charge is 0.416 e. The molecule has 2 aromatic rings. The minimum Gasteiger partial charge on any atom is -0.462 e. The Labute approximate surface area is 188 Å². The number of nitrogens with one attached hydrogen (secondary N) is 3. The molecule has 0 spiro atoms. The van der Waals surface area contributed by atoms with Crippen LogP contribution < -0.4 is 16.2 Å². The van der Waals surface area contributed by atoms with Crippen molar-refractivity contribution in [3.05, 3.63) is 65.7 Å². The standard InChI is InChI=1S/C22H21F3N4O2S/c1-2-31-20(30)13-29-12-16(29)11-19(27-28-21(29)32)17-5-3-4-6-18(17)26-15-9-7-14(8-10-15)22(23,24)25/h3-11,16,26-27H,2,12-13H2,1H3/p+1. The second-order valence-corrected chi connectivity index (χ2v) is 8.02. The van der Waals surface area contributed by atoms with Gasteiger partial charge < -0.3 is 10.1 Å². The molecule has 3 N–H and O–H groups in total. The van der Waals surface area contributed by atoms with Gasteiger partial charge in [-0.1, -0.05) is 18.2 Å². The lowest BCUT2D eigenvalue weighted by molar-refractivity contribution is -0.703. The van der Waals surface area contributed by atoms with Crippen LogP contribution in [0.4, 0.5) is 24.5 Å². The van der Waals surface area contributed by atoms with Gasteiger partial charge in [0.05, 0.1) is 17.9 Å². The topological polar surface area (TPSA) is 62.4 Å². The normalized spacial score (nSPS) is 21.9. The van der Waals surface area contributed by atoms with Crippen molar-refractivity contribution in [3.63, 3.8) is 0 Å². The minimum atomic E-state index is -4.38. The Hall–Kier alpha value is -3.11. The Morgan fingerprint density at radius 2 is 1.91 bits per heavy atom. The van der Waals surface area contributed by atoms with Crippen LogP contribution in [0.1, 0.15) is 18.1 Å². The van der Waals surface area contributed by atoms with Gasteiger partial charge in [0.15, 0.2) is 12.6 Å². The summed E-state index contributed by atoms with van der Waals surface area (Å²) in [5.41, 5.74) is 8.23. The van der Waals surface area contributed by atoms with Gasteiger partial charge in [0.2, 0.25) is 0 Å². The largest absolute Gasteiger partial charge is 0.462 e. The highest BCUT2D eigenvalue weighted by Crippen LogP contribution is 2.37. The second-order valence-electron chi connectivity index (χ2n) is 7.63. The maximum absolute atomic E-state index is 12.8. The molecule has 2 aliphatic rings. The average Bonchev–Trinajstić information content (AvgIpc) is 3.45. The van der Waals surface area contributed by atoms with Crippen LogP contribution in [0, 0.1) is 0 Å². The van der Waals surface area contributed by atoms with Crippen molar-refractivity contribution in [1.82, 2.24) is 10.9 Å². The van der Waals surface area contributed by atoms with E-state index in [0.717, 1.165) is 23.4 Å². The molecule has 0 radical (unpaired) electrons. The molecule has 1 fully saturated rings. The van der Waals surface area contributed by atoms with Gasteiger partial charge in [-0.3, -0.25) is 5.43 Å². The van der Waals surface area contributed by atoms with Crippen LogP contribution >= 0.6 is 12.2 Å². The number of hydrazine groups is 1. The maximum Gasteiger partial charge on any atom is 0.416 e. The highest BCUT2D eigenvalue weighted by atomic mass is 32.1. The van der Waals surface area contributed by atoms with E-state index in [1.54, 1.807) is 6.92 Å². The predicted octanol–water partition coefficient (Wildman–Crippen LogP) is 3.94. The van der Waals surface area contributed by atoms with Gasteiger partial charge in [-0.2, -0.15) is 13.2 Å². The predicted molar refractivity (Wildman–Crippen MR) is 118 cm³/mol. The molecule has 10 heteroatoms. The first-order valence-corrected chi connectivity index (χ1v) is 10.5. The molecule has 2 aliphatic heterocycles. The fraction of sp³-hybridized carbons (Fsp3) is 0.273. The highest BCUT2D eigenvalue weighted by Gasteiger charge is 2.60. The molecule has 2 heterocycles. The lowest BCUT2D eigenvalue weighted by atomic mass is 10.1. The number of thiocarbonyl (C=S) groups is 1. The number of halogens is 3. The second kappa shape index (κ2) is 8.44. The summed E-state index contributed by atoms with van der Waals surface area (Å²) in [6.07, 6.45) is -2.37. The Morgan fingerprint density at radius 1 is 1.19 bits per heavy atom. The Balaban J connectivity index is 1.56. The summed E-state index contributed by atoms with van der Waals surface area (Å²) in [6.45, 7) is 2.91. The molecular weight excluding hydrogens is 441 g/mol. The number of benzene rings is 2. The third-order valence-corrected chi connectivity index (χ3v) is 5.97. The summed E-state index contributed by atoms with van der Waals surface area (Å²) >= 11 is 5.50. The van der Waals surface area contributed by atoms with Gasteiger partial charge in [0.25, 0.3) is 5.11 Å². The first-order valence-electron chi connectivity index (χ1n) is 10.1. The number of alkyl halides is 3. The Bertz CT molecular complexity index is 1070. The molecule has 2 aromatic carbocycles. The fourth-order valence-corrected chi connectivity index (χ4v) is 4.08. The lowest BCUT2D eigenvalue weighted by Gasteiger charge is -2.19. The number of carbonyl (C=O) groups is 1. The SMILES string of the molecule is CCOC(=O)C[N+]12CC1C=C(c1ccccc1Nc1ccc(C(F)(F)F)cc1)NNC2=S. The van der Waals surface area contributed by atoms with E-state index >= 15 is 0 Å². The van der Waals surface area contributed by atoms with E-state index in [1.807, 2.05) is 30.3 Å². The number of ether oxygens (including phenoxy) is 1. The van der Waals surface area contributed by atoms with Gasteiger partial charge >= 0.3 is 12.1 Å². The number of carbonyl (C=O) groups excluding carboxylic acids is 1. The molecule has 1 saturated heterocycles. The van der Waals surface area contributed by atoms with E-state index in [2.05, 4.69) is 16.2 Å². The first kappa shape index (κ1) is 22.1. The molecule has 168 valence electrons. The Kier molecular flexibility index (Phi) is 5.83. The summed E-state index contributed by atoms with van der Waals surface area (Å²) in [4.78, 5) is 12.0. The molecule has 0 bridgehead atoms. The third kappa shape index (κ3) is 4.42. The summed E-state index contributed by atoms with van der Waals surface area (Å²) in [7, 11) is 0. The van der Waals surface area contributed by atoms with Crippen molar-refractivity contribution in [2.45, 2.75) is 19.1 Å². The molecular formula is C22H22F3N4O2S+. The quantitative estimate of drug-likeness (QED) is 0.261. The van der Waals surface area contributed by atoms with Crippen LogP contribution in [0.2, 0.25) is 0 Å². The molecule has 2 unspecified atom stereocenters. The number of para-hydroxylation sites is 1. The lowest BCUT2D eigenvalue weighted by Crippen LogP contribution is -2.49. The van der Waals surface area contributed by atoms with E-state index < -0.39 is 11.7 Å². The number of anilines is 2. The van der Waals surface area contributed by atoms with E-state index in [4.69, 9.17) is 17.0 Å². The zero-order chi connectivity index (χ0) is 22.9. The van der Waals surface area contributed by atoms with E-state index in [1.165, 1.54) is 12.1 Å². The molecule has 2 atom stereocenters. The maximum atomic E-state index is 12.8. The molecule has 32 heavy (non-hydrogen) atoms. The van der Waals surface area contributed by atoms with Gasteiger partial charge in [-0.25, -0.2) is 14.7 Å². The van der Waals surface area contributed by atoms with Gasteiger partial charge in [0.1, 0.15) is 6.54 Å². The third-order valence-electron chi connectivity index (χ3n) is 5.51. The van der Waals surface area contributed by atoms with Gasteiger partial charge in [-0.15, -0.1) is 0 Å². The van der Waals surface area contributed by atoms with Crippen LogP contribution in [0.25, 0.3) is 5.70 Å². The fourth-order valence-electron chi connectivity index (χ4n) is 3.75. The zero-order valence-corrected chi connectivity index (χ0v) is 18.0. The van der Waals surface area contributed by atoms with Crippen LogP contribution in [-0.2, 0) is 15.7 Å². The monoisotopic (exact) mass is 463 g/mol. The number of quaternary nitrogens is 1. The number of nitrogens with zero attached hydrogens (tertiary/aromatic N) is 1. The summed E-state index contributed by atoms with van der Waals surface area (Å²) in [5.74, 6) is -0.305. The molecule has 4 rings (SSSR count). The number of hydrogen-bond acceptors (Lipinski definition) is 5. The molecule has 0 aliphatic carbocycles. The summed E-state index contributed by atoms with van der Waals surface area (Å²) in [5, 5.41) is 3.68. The number of rotatable bonds is 6. The van der Waals surface area contributed by atoms with E-state index in [0.29, 0.717) is 34.1 Å². The average molecular weight is 464 g/mol. The van der Waals surface area contributed by atoms with Crippen molar-refractivity contribution in [1.29, 1.82) is 0 Å². The van der Waals surface area contributed by atoms with E-state index in [9.17, 15) is 18.0 Å². The van der Waals surface area contributed by atoms with Crippen molar-refractivity contribution in [2.75, 3.05) is 25.0 Å². The first-order chi connectivity index (χ1) is 15.2. The van der Waals surface area contributed by atoms with Gasteiger partial charge in [0, 0.05) is 35.2 Å². The minimum absolute atomic E-state index is 0.0172. The molecule has 0 aromatic heterocycles. The summed E-state index contributed by atoms with van der Waals surface area (Å²) in [6, 6.07) is 12.3. The molecule has 6 nitrogen and oxygen atoms in total. The Morgan fingerprint density at radius 3 is 2.59 bits per heavy atom. The van der Waals surface area contributed by atoms with Crippen LogP contribution in [0.5, 0.6) is 0 Å². The summed E-state index contributed by atoms with van der Waals surface area (Å²) < 4.78 is 43.9. The van der Waals surface area contributed by atoms with Crippen LogP contribution in [-0.4, -0.2) is 41.3 Å². The number of esters is 1. The zero-order valence-electron chi connectivity index (χ0n) is 17.2. The van der Waals surface area contributed by atoms with Crippen molar-refractivity contribution >= 4 is 40.4 Å². The number of fused-ring (bicyclic) bond motifs is 1. The van der Waals surface area contributed by atoms with Crippen molar-refractivity contribution < 1.29 is 27.2 Å². The van der Waals surface area contributed by atoms with E-state index in [-0.39, 0.29) is 18.6 Å².